The zero-order chi connectivity index (χ0) is 14.5. The topological polar surface area (TPSA) is 49.8 Å². The predicted octanol–water partition coefficient (Wildman–Crippen LogP) is 2.14. The molecule has 1 aliphatic heterocycles. The number of likely N-dealkylation sites (tertiary alicyclic amines) is 1. The number of aliphatic hydroxyl groups excluding tert-OH is 1. The molecule has 1 aromatic carbocycles. The Labute approximate surface area is 120 Å². The SMILES string of the molecule is Cc1ccccc1OCC(=O)N1CCCC1CC(C)O. The van der Waals surface area contributed by atoms with Gasteiger partial charge in [-0.1, -0.05) is 18.2 Å². The van der Waals surface area contributed by atoms with E-state index in [9.17, 15) is 9.90 Å². The standard InChI is InChI=1S/C16H23NO3/c1-12-6-3-4-8-15(12)20-11-16(19)17-9-5-7-14(17)10-13(2)18/h3-4,6,8,13-14,18H,5,7,9-11H2,1-2H3. The van der Waals surface area contributed by atoms with Crippen LogP contribution in [0.3, 0.4) is 0 Å². The monoisotopic (exact) mass is 277 g/mol. The van der Waals surface area contributed by atoms with Crippen molar-refractivity contribution in [3.63, 3.8) is 0 Å². The summed E-state index contributed by atoms with van der Waals surface area (Å²) in [5, 5.41) is 9.49. The number of aryl methyl sites for hydroxylation is 1. The van der Waals surface area contributed by atoms with E-state index in [2.05, 4.69) is 0 Å². The lowest BCUT2D eigenvalue weighted by molar-refractivity contribution is -0.134. The number of amides is 1. The maximum absolute atomic E-state index is 12.2. The van der Waals surface area contributed by atoms with Crippen LogP contribution < -0.4 is 4.74 Å². The predicted molar refractivity (Wildman–Crippen MR) is 77.7 cm³/mol. The number of ether oxygens (including phenoxy) is 1. The summed E-state index contributed by atoms with van der Waals surface area (Å²) in [6, 6.07) is 7.84. The lowest BCUT2D eigenvalue weighted by Gasteiger charge is -2.25. The second-order valence-corrected chi connectivity index (χ2v) is 5.52. The Bertz CT molecular complexity index is 459. The minimum Gasteiger partial charge on any atom is -0.484 e. The third-order valence-corrected chi connectivity index (χ3v) is 3.76. The lowest BCUT2D eigenvalue weighted by Crippen LogP contribution is -2.40. The molecule has 1 fully saturated rings. The molecule has 0 aromatic heterocycles. The second-order valence-electron chi connectivity index (χ2n) is 5.52. The molecule has 2 unspecified atom stereocenters. The van der Waals surface area contributed by atoms with Gasteiger partial charge in [0.1, 0.15) is 5.75 Å². The molecule has 0 aliphatic carbocycles. The molecule has 1 heterocycles. The third kappa shape index (κ3) is 3.73. The van der Waals surface area contributed by atoms with Crippen LogP contribution in [0, 0.1) is 6.92 Å². The number of carbonyl (C=O) groups excluding carboxylic acids is 1. The first-order valence-corrected chi connectivity index (χ1v) is 7.24. The van der Waals surface area contributed by atoms with E-state index in [4.69, 9.17) is 4.74 Å². The van der Waals surface area contributed by atoms with Gasteiger partial charge in [-0.3, -0.25) is 4.79 Å². The van der Waals surface area contributed by atoms with Gasteiger partial charge in [-0.25, -0.2) is 0 Å². The zero-order valence-corrected chi connectivity index (χ0v) is 12.2. The van der Waals surface area contributed by atoms with Crippen LogP contribution in [-0.4, -0.2) is 41.2 Å². The molecular weight excluding hydrogens is 254 g/mol. The van der Waals surface area contributed by atoms with Crippen LogP contribution in [0.1, 0.15) is 31.7 Å². The minimum absolute atomic E-state index is 0.0106. The Balaban J connectivity index is 1.90. The molecule has 0 saturated carbocycles. The summed E-state index contributed by atoms with van der Waals surface area (Å²) in [7, 11) is 0. The van der Waals surface area contributed by atoms with Gasteiger partial charge in [-0.2, -0.15) is 0 Å². The van der Waals surface area contributed by atoms with Crippen molar-refractivity contribution in [2.75, 3.05) is 13.2 Å². The molecule has 1 amide bonds. The Hall–Kier alpha value is -1.55. The van der Waals surface area contributed by atoms with Crippen molar-refractivity contribution in [3.8, 4) is 5.75 Å². The normalized spacial score (nSPS) is 19.9. The third-order valence-electron chi connectivity index (χ3n) is 3.76. The van der Waals surface area contributed by atoms with Crippen molar-refractivity contribution in [3.05, 3.63) is 29.8 Å². The van der Waals surface area contributed by atoms with E-state index in [1.807, 2.05) is 36.1 Å². The van der Waals surface area contributed by atoms with Gasteiger partial charge >= 0.3 is 0 Å². The van der Waals surface area contributed by atoms with Crippen molar-refractivity contribution in [1.29, 1.82) is 0 Å². The summed E-state index contributed by atoms with van der Waals surface area (Å²) in [6.07, 6.45) is 2.26. The first-order valence-electron chi connectivity index (χ1n) is 7.24. The molecule has 0 spiro atoms. The molecule has 4 heteroatoms. The van der Waals surface area contributed by atoms with Crippen molar-refractivity contribution in [2.45, 2.75) is 45.3 Å². The van der Waals surface area contributed by atoms with Gasteiger partial charge in [0.15, 0.2) is 6.61 Å². The summed E-state index contributed by atoms with van der Waals surface area (Å²) >= 11 is 0. The Morgan fingerprint density at radius 2 is 2.25 bits per heavy atom. The second kappa shape index (κ2) is 6.75. The average molecular weight is 277 g/mol. The summed E-state index contributed by atoms with van der Waals surface area (Å²) in [5.41, 5.74) is 1.03. The van der Waals surface area contributed by atoms with Gasteiger partial charge in [0.2, 0.25) is 0 Å². The number of benzene rings is 1. The van der Waals surface area contributed by atoms with Crippen LogP contribution in [0.4, 0.5) is 0 Å². The minimum atomic E-state index is -0.370. The first kappa shape index (κ1) is 14.9. The Kier molecular flexibility index (Phi) is 5.01. The number of carbonyl (C=O) groups is 1. The number of hydrogen-bond donors (Lipinski definition) is 1. The first-order chi connectivity index (χ1) is 9.58. The van der Waals surface area contributed by atoms with Gasteiger partial charge in [0.25, 0.3) is 5.91 Å². The fourth-order valence-electron chi connectivity index (χ4n) is 2.74. The number of para-hydroxylation sites is 1. The Morgan fingerprint density at radius 3 is 2.95 bits per heavy atom. The highest BCUT2D eigenvalue weighted by atomic mass is 16.5. The van der Waals surface area contributed by atoms with E-state index >= 15 is 0 Å². The fraction of sp³-hybridized carbons (Fsp3) is 0.562. The molecule has 1 aromatic rings. The van der Waals surface area contributed by atoms with Gasteiger partial charge in [0.05, 0.1) is 6.10 Å². The highest BCUT2D eigenvalue weighted by Crippen LogP contribution is 2.22. The molecule has 0 bridgehead atoms. The largest absolute Gasteiger partial charge is 0.484 e. The van der Waals surface area contributed by atoms with Gasteiger partial charge in [-0.15, -0.1) is 0 Å². The van der Waals surface area contributed by atoms with Crippen LogP contribution in [0.2, 0.25) is 0 Å². The summed E-state index contributed by atoms with van der Waals surface area (Å²) < 4.78 is 5.61. The molecule has 110 valence electrons. The summed E-state index contributed by atoms with van der Waals surface area (Å²) in [4.78, 5) is 14.1. The number of aliphatic hydroxyl groups is 1. The van der Waals surface area contributed by atoms with E-state index in [1.54, 1.807) is 6.92 Å². The smallest absolute Gasteiger partial charge is 0.260 e. The number of nitrogens with zero attached hydrogens (tertiary/aromatic N) is 1. The van der Waals surface area contributed by atoms with E-state index in [0.29, 0.717) is 6.42 Å². The quantitative estimate of drug-likeness (QED) is 0.897. The zero-order valence-electron chi connectivity index (χ0n) is 12.2. The maximum Gasteiger partial charge on any atom is 0.260 e. The molecule has 1 N–H and O–H groups in total. The van der Waals surface area contributed by atoms with E-state index in [0.717, 1.165) is 30.7 Å². The molecular formula is C16H23NO3. The maximum atomic E-state index is 12.2. The summed E-state index contributed by atoms with van der Waals surface area (Å²) in [6.45, 7) is 4.57. The van der Waals surface area contributed by atoms with E-state index < -0.39 is 0 Å². The lowest BCUT2D eigenvalue weighted by atomic mass is 10.1. The van der Waals surface area contributed by atoms with E-state index in [1.165, 1.54) is 0 Å². The van der Waals surface area contributed by atoms with Gasteiger partial charge in [-0.05, 0) is 44.7 Å². The van der Waals surface area contributed by atoms with Crippen molar-refractivity contribution in [1.82, 2.24) is 4.90 Å². The fourth-order valence-corrected chi connectivity index (χ4v) is 2.74. The number of hydrogen-bond acceptors (Lipinski definition) is 3. The molecule has 2 rings (SSSR count). The van der Waals surface area contributed by atoms with Crippen molar-refractivity contribution < 1.29 is 14.6 Å². The van der Waals surface area contributed by atoms with Crippen molar-refractivity contribution in [2.24, 2.45) is 0 Å². The molecule has 0 radical (unpaired) electrons. The highest BCUT2D eigenvalue weighted by Gasteiger charge is 2.29. The molecule has 4 nitrogen and oxygen atoms in total. The molecule has 1 aliphatic rings. The molecule has 20 heavy (non-hydrogen) atoms. The van der Waals surface area contributed by atoms with Crippen LogP contribution in [0.5, 0.6) is 5.75 Å². The van der Waals surface area contributed by atoms with Crippen LogP contribution in [0.25, 0.3) is 0 Å². The van der Waals surface area contributed by atoms with Crippen LogP contribution in [0.15, 0.2) is 24.3 Å². The van der Waals surface area contributed by atoms with Crippen molar-refractivity contribution >= 4 is 5.91 Å². The summed E-state index contributed by atoms with van der Waals surface area (Å²) in [5.74, 6) is 0.767. The highest BCUT2D eigenvalue weighted by molar-refractivity contribution is 5.78. The van der Waals surface area contributed by atoms with Gasteiger partial charge in [0, 0.05) is 12.6 Å². The average Bonchev–Trinajstić information content (AvgIpc) is 2.85. The molecule has 1 saturated heterocycles. The Morgan fingerprint density at radius 1 is 1.50 bits per heavy atom. The van der Waals surface area contributed by atoms with Gasteiger partial charge < -0.3 is 14.7 Å². The van der Waals surface area contributed by atoms with Crippen LogP contribution in [-0.2, 0) is 4.79 Å². The van der Waals surface area contributed by atoms with Crippen LogP contribution >= 0.6 is 0 Å². The van der Waals surface area contributed by atoms with E-state index in [-0.39, 0.29) is 24.7 Å². The molecule has 2 atom stereocenters. The number of rotatable bonds is 5.